The van der Waals surface area contributed by atoms with Gasteiger partial charge < -0.3 is 15.4 Å². The van der Waals surface area contributed by atoms with Gasteiger partial charge in [0.25, 0.3) is 5.91 Å². The zero-order valence-corrected chi connectivity index (χ0v) is 17.7. The van der Waals surface area contributed by atoms with Gasteiger partial charge in [-0.1, -0.05) is 6.07 Å². The molecule has 0 aliphatic carbocycles. The second-order valence-corrected chi connectivity index (χ2v) is 8.56. The van der Waals surface area contributed by atoms with E-state index in [9.17, 15) is 4.79 Å². The minimum atomic E-state index is -0.146. The number of anilines is 2. The summed E-state index contributed by atoms with van der Waals surface area (Å²) in [5.41, 5.74) is 1.45. The molecule has 0 spiro atoms. The van der Waals surface area contributed by atoms with Crippen LogP contribution in [0.2, 0.25) is 0 Å². The van der Waals surface area contributed by atoms with Crippen LogP contribution < -0.4 is 10.6 Å². The topological polar surface area (TPSA) is 103 Å². The number of carbonyl (C=O) groups excluding carboxylic acids is 1. The van der Waals surface area contributed by atoms with Crippen LogP contribution in [0.15, 0.2) is 23.6 Å². The minimum Gasteiger partial charge on any atom is -0.381 e. The van der Waals surface area contributed by atoms with Crippen molar-refractivity contribution in [1.82, 2.24) is 20.2 Å². The lowest BCUT2D eigenvalue weighted by Crippen LogP contribution is -2.39. The number of hydrogen-bond acceptors (Lipinski definition) is 8. The van der Waals surface area contributed by atoms with E-state index in [2.05, 4.69) is 26.6 Å². The third-order valence-electron chi connectivity index (χ3n) is 5.52. The number of likely N-dealkylation sites (tertiary alicyclic amines) is 1. The molecule has 4 rings (SSSR count). The summed E-state index contributed by atoms with van der Waals surface area (Å²) in [6.45, 7) is 3.67. The highest BCUT2D eigenvalue weighted by Gasteiger charge is 2.23. The second-order valence-electron chi connectivity index (χ2n) is 7.70. The Morgan fingerprint density at radius 3 is 3.00 bits per heavy atom. The number of nitriles is 1. The van der Waals surface area contributed by atoms with Gasteiger partial charge in [0.15, 0.2) is 5.13 Å². The first-order chi connectivity index (χ1) is 14.7. The molecule has 2 aromatic rings. The van der Waals surface area contributed by atoms with Crippen LogP contribution in [-0.2, 0) is 4.74 Å². The van der Waals surface area contributed by atoms with Crippen molar-refractivity contribution in [3.05, 3.63) is 35.0 Å². The van der Waals surface area contributed by atoms with Crippen LogP contribution in [-0.4, -0.2) is 59.7 Å². The number of nitrogens with one attached hydrogen (secondary N) is 2. The Kier molecular flexibility index (Phi) is 6.89. The summed E-state index contributed by atoms with van der Waals surface area (Å²) in [4.78, 5) is 23.8. The van der Waals surface area contributed by atoms with Crippen LogP contribution in [0.4, 0.5) is 10.9 Å². The molecule has 8 nitrogen and oxygen atoms in total. The number of rotatable bonds is 6. The van der Waals surface area contributed by atoms with Crippen LogP contribution in [0.25, 0.3) is 0 Å². The molecule has 2 aliphatic rings. The number of ether oxygens (including phenoxy) is 1. The van der Waals surface area contributed by atoms with Gasteiger partial charge in [0.2, 0.25) is 0 Å². The van der Waals surface area contributed by atoms with E-state index in [0.717, 1.165) is 50.3 Å². The van der Waals surface area contributed by atoms with Crippen molar-refractivity contribution in [3.8, 4) is 6.07 Å². The quantitative estimate of drug-likeness (QED) is 0.685. The fourth-order valence-electron chi connectivity index (χ4n) is 3.94. The van der Waals surface area contributed by atoms with Gasteiger partial charge in [-0.05, 0) is 44.4 Å². The summed E-state index contributed by atoms with van der Waals surface area (Å²) in [6, 6.07) is 8.32. The van der Waals surface area contributed by atoms with Crippen molar-refractivity contribution in [2.24, 2.45) is 0 Å². The van der Waals surface area contributed by atoms with Gasteiger partial charge in [0.1, 0.15) is 11.5 Å². The molecule has 4 heterocycles. The molecule has 2 aromatic heterocycles. The minimum absolute atomic E-state index is 0.146. The summed E-state index contributed by atoms with van der Waals surface area (Å²) in [6.07, 6.45) is 3.82. The van der Waals surface area contributed by atoms with E-state index in [0.29, 0.717) is 36.5 Å². The molecule has 0 aromatic carbocycles. The predicted molar refractivity (Wildman–Crippen MR) is 115 cm³/mol. The molecule has 30 heavy (non-hydrogen) atoms. The molecule has 1 unspecified atom stereocenters. The van der Waals surface area contributed by atoms with Gasteiger partial charge in [-0.25, -0.2) is 9.97 Å². The average Bonchev–Trinajstić information content (AvgIpc) is 3.24. The van der Waals surface area contributed by atoms with E-state index < -0.39 is 0 Å². The van der Waals surface area contributed by atoms with E-state index in [1.54, 1.807) is 5.38 Å². The van der Waals surface area contributed by atoms with E-state index in [4.69, 9.17) is 15.0 Å². The lowest BCUT2D eigenvalue weighted by molar-refractivity contribution is 0.0694. The van der Waals surface area contributed by atoms with E-state index >= 15 is 0 Å². The Hall–Kier alpha value is -2.54. The van der Waals surface area contributed by atoms with Crippen LogP contribution >= 0.6 is 11.3 Å². The van der Waals surface area contributed by atoms with Gasteiger partial charge in [0.05, 0.1) is 12.6 Å². The summed E-state index contributed by atoms with van der Waals surface area (Å²) in [5.74, 6) is 0.898. The summed E-state index contributed by atoms with van der Waals surface area (Å²) in [5, 5.41) is 17.6. The SMILES string of the molecule is N#CCN1CCCC(c2cccc(Nc3nc(C(=O)NC4CCOCC4)cs3)n2)C1. The largest absolute Gasteiger partial charge is 0.381 e. The van der Waals surface area contributed by atoms with Gasteiger partial charge in [-0.15, -0.1) is 11.3 Å². The standard InChI is InChI=1S/C21H26N6O2S/c22-8-10-27-9-2-3-15(13-27)17-4-1-5-19(24-17)26-21-25-18(14-30-21)20(28)23-16-6-11-29-12-7-16/h1,4-5,14-16H,2-3,6-7,9-13H2,(H,23,28)(H,24,25,26). The first-order valence-electron chi connectivity index (χ1n) is 10.4. The smallest absolute Gasteiger partial charge is 0.271 e. The number of hydrogen-bond donors (Lipinski definition) is 2. The Morgan fingerprint density at radius 2 is 2.17 bits per heavy atom. The highest BCUT2D eigenvalue weighted by atomic mass is 32.1. The molecule has 158 valence electrons. The zero-order chi connectivity index (χ0) is 20.8. The lowest BCUT2D eigenvalue weighted by Gasteiger charge is -2.30. The van der Waals surface area contributed by atoms with E-state index in [1.807, 2.05) is 18.2 Å². The zero-order valence-electron chi connectivity index (χ0n) is 16.8. The number of aromatic nitrogens is 2. The van der Waals surface area contributed by atoms with Crippen molar-refractivity contribution in [2.45, 2.75) is 37.6 Å². The Balaban J connectivity index is 1.37. The van der Waals surface area contributed by atoms with Crippen molar-refractivity contribution in [2.75, 3.05) is 38.2 Å². The molecule has 2 aliphatic heterocycles. The predicted octanol–water partition coefficient (Wildman–Crippen LogP) is 2.89. The van der Waals surface area contributed by atoms with Gasteiger partial charge in [-0.2, -0.15) is 5.26 Å². The van der Waals surface area contributed by atoms with Crippen LogP contribution in [0.5, 0.6) is 0 Å². The van der Waals surface area contributed by atoms with Crippen LogP contribution in [0.3, 0.4) is 0 Å². The Bertz CT molecular complexity index is 905. The summed E-state index contributed by atoms with van der Waals surface area (Å²) in [7, 11) is 0. The Morgan fingerprint density at radius 1 is 1.30 bits per heavy atom. The molecule has 9 heteroatoms. The third kappa shape index (κ3) is 5.33. The van der Waals surface area contributed by atoms with Gasteiger partial charge in [0, 0.05) is 42.8 Å². The molecule has 0 radical (unpaired) electrons. The highest BCUT2D eigenvalue weighted by molar-refractivity contribution is 7.14. The number of nitrogens with zero attached hydrogens (tertiary/aromatic N) is 4. The molecule has 0 saturated carbocycles. The molecule has 1 atom stereocenters. The van der Waals surface area contributed by atoms with Crippen LogP contribution in [0, 0.1) is 11.3 Å². The first-order valence-corrected chi connectivity index (χ1v) is 11.3. The third-order valence-corrected chi connectivity index (χ3v) is 6.27. The summed E-state index contributed by atoms with van der Waals surface area (Å²) < 4.78 is 5.33. The molecule has 2 fully saturated rings. The average molecular weight is 427 g/mol. The summed E-state index contributed by atoms with van der Waals surface area (Å²) >= 11 is 1.39. The molecule has 0 bridgehead atoms. The van der Waals surface area contributed by atoms with Gasteiger partial charge >= 0.3 is 0 Å². The second kappa shape index (κ2) is 9.98. The molecule has 1 amide bonds. The Labute approximate surface area is 180 Å². The van der Waals surface area contributed by atoms with E-state index in [1.165, 1.54) is 11.3 Å². The number of thiazole rings is 1. The molecule has 2 N–H and O–H groups in total. The molecular weight excluding hydrogens is 400 g/mol. The van der Waals surface area contributed by atoms with Crippen molar-refractivity contribution in [1.29, 1.82) is 5.26 Å². The number of carbonyl (C=O) groups is 1. The maximum Gasteiger partial charge on any atom is 0.271 e. The monoisotopic (exact) mass is 426 g/mol. The highest BCUT2D eigenvalue weighted by Crippen LogP contribution is 2.27. The molecular formula is C21H26N6O2S. The maximum atomic E-state index is 12.4. The van der Waals surface area contributed by atoms with E-state index in [-0.39, 0.29) is 11.9 Å². The lowest BCUT2D eigenvalue weighted by atomic mass is 9.94. The number of amides is 1. The van der Waals surface area contributed by atoms with Crippen LogP contribution in [0.1, 0.15) is 47.8 Å². The first kappa shape index (κ1) is 20.7. The van der Waals surface area contributed by atoms with Crippen molar-refractivity contribution < 1.29 is 9.53 Å². The number of pyridine rings is 1. The maximum absolute atomic E-state index is 12.4. The van der Waals surface area contributed by atoms with Gasteiger partial charge in [-0.3, -0.25) is 9.69 Å². The number of piperidine rings is 1. The fraction of sp³-hybridized carbons (Fsp3) is 0.524. The van der Waals surface area contributed by atoms with Crippen molar-refractivity contribution in [3.63, 3.8) is 0 Å². The normalized spacial score (nSPS) is 20.4. The molecule has 2 saturated heterocycles. The fourth-order valence-corrected chi connectivity index (χ4v) is 4.63. The van der Waals surface area contributed by atoms with Crippen molar-refractivity contribution >= 4 is 28.2 Å².